The van der Waals surface area contributed by atoms with Crippen LogP contribution in [0.5, 0.6) is 0 Å². The molecule has 0 aliphatic heterocycles. The topological polar surface area (TPSA) is 32.3 Å². The lowest BCUT2D eigenvalue weighted by molar-refractivity contribution is -1.07. The van der Waals surface area contributed by atoms with Crippen molar-refractivity contribution >= 4 is 0 Å². The molecule has 0 saturated carbocycles. The average molecular weight is 161 g/mol. The zero-order chi connectivity index (χ0) is 8.74. The van der Waals surface area contributed by atoms with Gasteiger partial charge in [-0.2, -0.15) is 4.65 Å². The van der Waals surface area contributed by atoms with Crippen LogP contribution in [0.25, 0.3) is 0 Å². The van der Waals surface area contributed by atoms with Gasteiger partial charge in [0.1, 0.15) is 0 Å². The van der Waals surface area contributed by atoms with Gasteiger partial charge >= 0.3 is 0 Å². The van der Waals surface area contributed by atoms with E-state index in [1.165, 1.54) is 19.3 Å². The lowest BCUT2D eigenvalue weighted by atomic mass is 10.2. The van der Waals surface area contributed by atoms with E-state index in [4.69, 9.17) is 0 Å². The molecule has 0 aromatic carbocycles. The first-order chi connectivity index (χ1) is 5.06. The Hall–Kier alpha value is -0.120. The number of quaternary nitrogens is 1. The van der Waals surface area contributed by atoms with Crippen molar-refractivity contribution in [2.75, 3.05) is 27.3 Å². The zero-order valence-corrected chi connectivity index (χ0v) is 7.93. The molecule has 0 unspecified atom stereocenters. The Morgan fingerprint density at radius 2 is 1.91 bits per heavy atom. The Balaban J connectivity index is 3.02. The van der Waals surface area contributed by atoms with E-state index in [1.54, 1.807) is 14.1 Å². The molecule has 0 saturated heterocycles. The van der Waals surface area contributed by atoms with Crippen LogP contribution in [0.3, 0.4) is 0 Å². The molecule has 3 nitrogen and oxygen atoms in total. The highest BCUT2D eigenvalue weighted by Gasteiger charge is 2.07. The molecule has 0 aromatic rings. The minimum atomic E-state index is 0.00608. The maximum absolute atomic E-state index is 9.25. The van der Waals surface area contributed by atoms with Gasteiger partial charge in [0.25, 0.3) is 0 Å². The number of hydroxylamine groups is 3. The summed E-state index contributed by atoms with van der Waals surface area (Å²) in [6.07, 6.45) is 3.72. The molecule has 0 heterocycles. The van der Waals surface area contributed by atoms with Crippen molar-refractivity contribution in [3.63, 3.8) is 0 Å². The molecule has 0 aliphatic carbocycles. The summed E-state index contributed by atoms with van der Waals surface area (Å²) in [7, 11) is 3.51. The summed E-state index contributed by atoms with van der Waals surface area (Å²) in [6, 6.07) is 0. The second-order valence-corrected chi connectivity index (χ2v) is 3.49. The van der Waals surface area contributed by atoms with Gasteiger partial charge in [0.05, 0.1) is 14.1 Å². The quantitative estimate of drug-likeness (QED) is 0.265. The fraction of sp³-hybridized carbons (Fsp3) is 1.00. The summed E-state index contributed by atoms with van der Waals surface area (Å²) in [5.41, 5.74) is 0. The third kappa shape index (κ3) is 9.88. The molecule has 0 aliphatic rings. The second-order valence-electron chi connectivity index (χ2n) is 3.49. The van der Waals surface area contributed by atoms with Gasteiger partial charge < -0.3 is 0 Å². The van der Waals surface area contributed by atoms with Crippen molar-refractivity contribution in [1.29, 1.82) is 0 Å². The molecular weight excluding hydrogens is 140 g/mol. The Morgan fingerprint density at radius 3 is 2.36 bits per heavy atom. The molecule has 0 amide bonds. The van der Waals surface area contributed by atoms with Crippen molar-refractivity contribution in [2.45, 2.75) is 26.2 Å². The molecule has 11 heavy (non-hydrogen) atoms. The van der Waals surface area contributed by atoms with Gasteiger partial charge in [-0.3, -0.25) is 5.32 Å². The van der Waals surface area contributed by atoms with E-state index in [0.717, 1.165) is 6.54 Å². The SMILES string of the molecule is CCCCCNC[N+](C)(C)O. The van der Waals surface area contributed by atoms with Gasteiger partial charge in [-0.25, -0.2) is 5.21 Å². The lowest BCUT2D eigenvalue weighted by Gasteiger charge is -2.19. The molecule has 0 spiro atoms. The zero-order valence-electron chi connectivity index (χ0n) is 7.93. The summed E-state index contributed by atoms with van der Waals surface area (Å²) in [5.74, 6) is 0. The fourth-order valence-electron chi connectivity index (χ4n) is 0.853. The van der Waals surface area contributed by atoms with Gasteiger partial charge in [0.2, 0.25) is 0 Å². The van der Waals surface area contributed by atoms with Gasteiger partial charge in [-0.05, 0) is 6.42 Å². The number of unbranched alkanes of at least 4 members (excludes halogenated alkanes) is 2. The Labute approximate surface area is 69.6 Å². The monoisotopic (exact) mass is 161 g/mol. The first kappa shape index (κ1) is 10.9. The van der Waals surface area contributed by atoms with Crippen molar-refractivity contribution in [2.24, 2.45) is 0 Å². The van der Waals surface area contributed by atoms with E-state index < -0.39 is 0 Å². The van der Waals surface area contributed by atoms with Crippen LogP contribution in [-0.4, -0.2) is 37.2 Å². The third-order valence-corrected chi connectivity index (χ3v) is 1.46. The van der Waals surface area contributed by atoms with Crippen molar-refractivity contribution in [3.05, 3.63) is 0 Å². The fourth-order valence-corrected chi connectivity index (χ4v) is 0.853. The smallest absolute Gasteiger partial charge is 0.162 e. The molecule has 0 fully saturated rings. The molecule has 0 radical (unpaired) electrons. The van der Waals surface area contributed by atoms with Gasteiger partial charge in [-0.15, -0.1) is 0 Å². The van der Waals surface area contributed by atoms with E-state index in [-0.39, 0.29) is 4.65 Å². The highest BCUT2D eigenvalue weighted by Crippen LogP contribution is 1.91. The highest BCUT2D eigenvalue weighted by molar-refractivity contribution is 4.41. The summed E-state index contributed by atoms with van der Waals surface area (Å²) in [6.45, 7) is 3.83. The van der Waals surface area contributed by atoms with E-state index in [1.807, 2.05) is 0 Å². The van der Waals surface area contributed by atoms with E-state index in [0.29, 0.717) is 6.67 Å². The normalized spacial score (nSPS) is 12.0. The summed E-state index contributed by atoms with van der Waals surface area (Å²) < 4.78 is 0.00608. The van der Waals surface area contributed by atoms with Gasteiger partial charge in [-0.1, -0.05) is 19.8 Å². The predicted molar refractivity (Wildman–Crippen MR) is 46.3 cm³/mol. The summed E-state index contributed by atoms with van der Waals surface area (Å²) >= 11 is 0. The number of hydrogen-bond donors (Lipinski definition) is 2. The number of nitrogens with zero attached hydrogens (tertiary/aromatic N) is 1. The maximum atomic E-state index is 9.25. The van der Waals surface area contributed by atoms with Crippen molar-refractivity contribution in [3.8, 4) is 0 Å². The molecular formula is C8H21N2O+. The molecule has 68 valence electrons. The van der Waals surface area contributed by atoms with E-state index in [2.05, 4.69) is 12.2 Å². The van der Waals surface area contributed by atoms with Gasteiger partial charge in [0, 0.05) is 6.54 Å². The molecule has 0 atom stereocenters. The minimum absolute atomic E-state index is 0.00608. The van der Waals surface area contributed by atoms with E-state index >= 15 is 0 Å². The van der Waals surface area contributed by atoms with Crippen molar-refractivity contribution in [1.82, 2.24) is 5.32 Å². The molecule has 0 rings (SSSR count). The Morgan fingerprint density at radius 1 is 1.27 bits per heavy atom. The average Bonchev–Trinajstić information content (AvgIpc) is 1.85. The first-order valence-electron chi connectivity index (χ1n) is 4.32. The predicted octanol–water partition coefficient (Wildman–Crippen LogP) is 1.19. The van der Waals surface area contributed by atoms with Crippen LogP contribution in [0.1, 0.15) is 26.2 Å². The second kappa shape index (κ2) is 5.52. The van der Waals surface area contributed by atoms with E-state index in [9.17, 15) is 5.21 Å². The summed E-state index contributed by atoms with van der Waals surface area (Å²) in [5, 5.41) is 12.4. The van der Waals surface area contributed by atoms with Crippen LogP contribution in [0.4, 0.5) is 0 Å². The first-order valence-corrected chi connectivity index (χ1v) is 4.32. The highest BCUT2D eigenvalue weighted by atomic mass is 16.5. The minimum Gasteiger partial charge on any atom is -0.268 e. The van der Waals surface area contributed by atoms with Crippen LogP contribution >= 0.6 is 0 Å². The largest absolute Gasteiger partial charge is 0.268 e. The molecule has 3 heteroatoms. The maximum Gasteiger partial charge on any atom is 0.162 e. The third-order valence-electron chi connectivity index (χ3n) is 1.46. The summed E-state index contributed by atoms with van der Waals surface area (Å²) in [4.78, 5) is 0. The molecule has 2 N–H and O–H groups in total. The van der Waals surface area contributed by atoms with Crippen LogP contribution in [0.2, 0.25) is 0 Å². The number of hydrogen-bond acceptors (Lipinski definition) is 2. The number of rotatable bonds is 6. The lowest BCUT2D eigenvalue weighted by Crippen LogP contribution is -2.43. The van der Waals surface area contributed by atoms with Crippen LogP contribution < -0.4 is 5.32 Å². The van der Waals surface area contributed by atoms with Gasteiger partial charge in [0.15, 0.2) is 6.67 Å². The van der Waals surface area contributed by atoms with Crippen LogP contribution in [-0.2, 0) is 0 Å². The Kier molecular flexibility index (Phi) is 5.46. The molecule has 0 bridgehead atoms. The standard InChI is InChI=1S/C8H21N2O/c1-4-5-6-7-9-8-10(2,3)11/h9,11H,4-8H2,1-3H3/q+1. The Bertz CT molecular complexity index is 88.6. The van der Waals surface area contributed by atoms with Crippen molar-refractivity contribution < 1.29 is 9.85 Å². The van der Waals surface area contributed by atoms with Crippen LogP contribution in [0, 0.1) is 0 Å². The molecule has 0 aromatic heterocycles. The van der Waals surface area contributed by atoms with Crippen LogP contribution in [0.15, 0.2) is 0 Å². The number of nitrogens with one attached hydrogen (secondary N) is 1.